The van der Waals surface area contributed by atoms with Crippen LogP contribution in [0.25, 0.3) is 21.6 Å². The number of urea groups is 1. The number of carboxylic acid groups (broad SMARTS) is 1. The summed E-state index contributed by atoms with van der Waals surface area (Å²) in [6.07, 6.45) is -2.97. The SMILES string of the molecule is NC(=O)C(N1CCOCC1)n1ncc2c(C(=O)O)cc(-c3cnc(NC(=O)Nc4cccc(C(F)(F)F)c4)s3)nc21. The summed E-state index contributed by atoms with van der Waals surface area (Å²) in [5, 5.41) is 19.1. The molecule has 0 bridgehead atoms. The number of pyridine rings is 1. The third-order valence-electron chi connectivity index (χ3n) is 6.10. The van der Waals surface area contributed by atoms with E-state index in [9.17, 15) is 32.7 Å². The summed E-state index contributed by atoms with van der Waals surface area (Å²) >= 11 is 0.946. The number of anilines is 2. The molecule has 41 heavy (non-hydrogen) atoms. The van der Waals surface area contributed by atoms with Crippen molar-refractivity contribution in [2.45, 2.75) is 12.3 Å². The Morgan fingerprint density at radius 2 is 1.88 bits per heavy atom. The Kier molecular flexibility index (Phi) is 7.57. The molecule has 5 N–H and O–H groups in total. The second-order valence-electron chi connectivity index (χ2n) is 8.80. The highest BCUT2D eigenvalue weighted by Crippen LogP contribution is 2.33. The van der Waals surface area contributed by atoms with Crippen LogP contribution < -0.4 is 16.4 Å². The summed E-state index contributed by atoms with van der Waals surface area (Å²) in [6.45, 7) is 1.54. The molecule has 1 fully saturated rings. The number of amides is 3. The van der Waals surface area contributed by atoms with Crippen molar-refractivity contribution >= 4 is 51.1 Å². The number of nitrogens with two attached hydrogens (primary N) is 1. The van der Waals surface area contributed by atoms with Crippen molar-refractivity contribution in [3.8, 4) is 10.6 Å². The fourth-order valence-electron chi connectivity index (χ4n) is 4.26. The van der Waals surface area contributed by atoms with E-state index in [-0.39, 0.29) is 33.1 Å². The average Bonchev–Trinajstić information content (AvgIpc) is 3.56. The van der Waals surface area contributed by atoms with Crippen molar-refractivity contribution < 1.29 is 37.4 Å². The number of carbonyl (C=O) groups is 3. The predicted molar refractivity (Wildman–Crippen MR) is 140 cm³/mol. The van der Waals surface area contributed by atoms with Gasteiger partial charge in [0.25, 0.3) is 5.91 Å². The first-order chi connectivity index (χ1) is 19.5. The molecule has 214 valence electrons. The molecule has 13 nitrogen and oxygen atoms in total. The number of fused-ring (bicyclic) bond motifs is 1. The first-order valence-corrected chi connectivity index (χ1v) is 12.8. The van der Waals surface area contributed by atoms with Gasteiger partial charge in [-0.2, -0.15) is 18.3 Å². The van der Waals surface area contributed by atoms with Crippen molar-refractivity contribution in [2.24, 2.45) is 5.73 Å². The predicted octanol–water partition coefficient (Wildman–Crippen LogP) is 3.23. The number of carboxylic acids is 1. The van der Waals surface area contributed by atoms with Crippen LogP contribution in [0.2, 0.25) is 0 Å². The van der Waals surface area contributed by atoms with Gasteiger partial charge in [0.2, 0.25) is 0 Å². The maximum absolute atomic E-state index is 13.0. The van der Waals surface area contributed by atoms with Gasteiger partial charge in [-0.05, 0) is 24.3 Å². The number of hydrogen-bond donors (Lipinski definition) is 4. The van der Waals surface area contributed by atoms with E-state index >= 15 is 0 Å². The zero-order valence-corrected chi connectivity index (χ0v) is 21.7. The second kappa shape index (κ2) is 11.1. The average molecular weight is 591 g/mol. The number of ether oxygens (including phenoxy) is 1. The largest absolute Gasteiger partial charge is 0.478 e. The van der Waals surface area contributed by atoms with Crippen molar-refractivity contribution in [1.29, 1.82) is 0 Å². The third-order valence-corrected chi connectivity index (χ3v) is 7.04. The maximum atomic E-state index is 13.0. The molecular formula is C24H21F3N8O5S. The van der Waals surface area contributed by atoms with Gasteiger partial charge in [0.15, 0.2) is 16.9 Å². The summed E-state index contributed by atoms with van der Waals surface area (Å²) in [7, 11) is 0. The second-order valence-corrected chi connectivity index (χ2v) is 9.83. The van der Waals surface area contributed by atoms with Gasteiger partial charge in [0.1, 0.15) is 0 Å². The Morgan fingerprint density at radius 1 is 1.12 bits per heavy atom. The van der Waals surface area contributed by atoms with Gasteiger partial charge < -0.3 is 20.9 Å². The topological polar surface area (TPSA) is 178 Å². The molecule has 0 aliphatic carbocycles. The Bertz CT molecular complexity index is 1630. The van der Waals surface area contributed by atoms with Crippen LogP contribution >= 0.6 is 11.3 Å². The highest BCUT2D eigenvalue weighted by molar-refractivity contribution is 7.19. The molecule has 1 aliphatic heterocycles. The number of halogens is 3. The molecule has 0 saturated carbocycles. The highest BCUT2D eigenvalue weighted by atomic mass is 32.1. The molecule has 17 heteroatoms. The number of hydrogen-bond acceptors (Lipinski definition) is 9. The van der Waals surface area contributed by atoms with Gasteiger partial charge in [-0.1, -0.05) is 17.4 Å². The maximum Gasteiger partial charge on any atom is 0.416 e. The number of nitrogens with one attached hydrogen (secondary N) is 2. The summed E-state index contributed by atoms with van der Waals surface area (Å²) < 4.78 is 45.5. The van der Waals surface area contributed by atoms with Crippen LogP contribution in [0.1, 0.15) is 22.1 Å². The van der Waals surface area contributed by atoms with Crippen LogP contribution in [0, 0.1) is 0 Å². The third kappa shape index (κ3) is 5.96. The molecule has 3 amide bonds. The highest BCUT2D eigenvalue weighted by Gasteiger charge is 2.32. The number of thiazole rings is 1. The summed E-state index contributed by atoms with van der Waals surface area (Å²) in [4.78, 5) is 47.7. The van der Waals surface area contributed by atoms with Crippen LogP contribution in [0.3, 0.4) is 0 Å². The van der Waals surface area contributed by atoms with Gasteiger partial charge in [0.05, 0.1) is 46.5 Å². The molecule has 3 aromatic heterocycles. The fourth-order valence-corrected chi connectivity index (χ4v) is 5.03. The molecule has 0 radical (unpaired) electrons. The lowest BCUT2D eigenvalue weighted by Gasteiger charge is -2.32. The van der Waals surface area contributed by atoms with E-state index in [1.165, 1.54) is 29.2 Å². The van der Waals surface area contributed by atoms with Crippen molar-refractivity contribution in [3.05, 3.63) is 53.9 Å². The quantitative estimate of drug-likeness (QED) is 0.252. The summed E-state index contributed by atoms with van der Waals surface area (Å²) in [5.41, 5.74) is 4.83. The van der Waals surface area contributed by atoms with Crippen LogP contribution in [0.15, 0.2) is 42.7 Å². The molecule has 4 aromatic rings. The lowest BCUT2D eigenvalue weighted by molar-refractivity contribution is -0.137. The minimum absolute atomic E-state index is 0.0695. The number of benzene rings is 1. The van der Waals surface area contributed by atoms with Gasteiger partial charge in [-0.15, -0.1) is 0 Å². The molecule has 0 spiro atoms. The Morgan fingerprint density at radius 3 is 2.56 bits per heavy atom. The van der Waals surface area contributed by atoms with Crippen LogP contribution in [0.4, 0.5) is 28.8 Å². The van der Waals surface area contributed by atoms with Crippen LogP contribution in [0.5, 0.6) is 0 Å². The lowest BCUT2D eigenvalue weighted by Crippen LogP contribution is -2.47. The summed E-state index contributed by atoms with van der Waals surface area (Å²) in [5.74, 6) is -1.97. The Balaban J connectivity index is 1.43. The van der Waals surface area contributed by atoms with Crippen LogP contribution in [-0.4, -0.2) is 74.0 Å². The number of primary amides is 1. The van der Waals surface area contributed by atoms with Gasteiger partial charge >= 0.3 is 18.2 Å². The van der Waals surface area contributed by atoms with Crippen LogP contribution in [-0.2, 0) is 15.7 Å². The lowest BCUT2D eigenvalue weighted by atomic mass is 10.1. The number of alkyl halides is 3. The Hall–Kier alpha value is -4.61. The monoisotopic (exact) mass is 590 g/mol. The molecule has 5 rings (SSSR count). The molecule has 1 atom stereocenters. The fraction of sp³-hybridized carbons (Fsp3) is 0.250. The van der Waals surface area contributed by atoms with Crippen molar-refractivity contribution in [1.82, 2.24) is 24.6 Å². The van der Waals surface area contributed by atoms with E-state index in [2.05, 4.69) is 25.7 Å². The van der Waals surface area contributed by atoms with E-state index in [0.717, 1.165) is 29.5 Å². The van der Waals surface area contributed by atoms with E-state index in [1.54, 1.807) is 4.90 Å². The minimum Gasteiger partial charge on any atom is -0.478 e. The number of aromatic nitrogens is 4. The standard InChI is InChI=1S/C24H21F3N8O5S/c25-24(26,27)12-2-1-3-13(8-12)31-22(39)33-23-29-11-17(41-23)16-9-14(21(37)38)15-10-30-35(19(15)32-16)20(18(28)36)34-4-6-40-7-5-34/h1-3,8-11,20H,4-7H2,(H2,28,36)(H,37,38)(H2,29,31,33,39). The molecule has 1 saturated heterocycles. The summed E-state index contributed by atoms with van der Waals surface area (Å²) in [6, 6.07) is 4.60. The van der Waals surface area contributed by atoms with E-state index in [0.29, 0.717) is 31.2 Å². The van der Waals surface area contributed by atoms with Crippen molar-refractivity contribution in [3.63, 3.8) is 0 Å². The van der Waals surface area contributed by atoms with E-state index in [1.807, 2.05) is 0 Å². The number of carbonyl (C=O) groups excluding carboxylic acids is 2. The first-order valence-electron chi connectivity index (χ1n) is 12.0. The van der Waals surface area contributed by atoms with E-state index in [4.69, 9.17) is 10.5 Å². The first kappa shape index (κ1) is 27.9. The smallest absolute Gasteiger partial charge is 0.416 e. The molecule has 4 heterocycles. The molecule has 1 unspecified atom stereocenters. The Labute approximate surface area is 232 Å². The van der Waals surface area contributed by atoms with Gasteiger partial charge in [-0.25, -0.2) is 24.2 Å². The number of morpholine rings is 1. The van der Waals surface area contributed by atoms with Gasteiger partial charge in [-0.3, -0.25) is 15.0 Å². The van der Waals surface area contributed by atoms with Crippen molar-refractivity contribution in [2.75, 3.05) is 36.9 Å². The van der Waals surface area contributed by atoms with Gasteiger partial charge in [0, 0.05) is 25.0 Å². The normalized spacial score (nSPS) is 15.0. The van der Waals surface area contributed by atoms with E-state index < -0.39 is 35.8 Å². The molecule has 1 aromatic carbocycles. The molecular weight excluding hydrogens is 569 g/mol. The minimum atomic E-state index is -4.57. The number of aromatic carboxylic acids is 1. The number of rotatable bonds is 7. The zero-order valence-electron chi connectivity index (χ0n) is 20.9. The molecule has 1 aliphatic rings. The zero-order chi connectivity index (χ0) is 29.3. The number of nitrogens with zero attached hydrogens (tertiary/aromatic N) is 5.